The number of allylic oxidation sites excluding steroid dienone is 2. The van der Waals surface area contributed by atoms with Gasteiger partial charge in [0.15, 0.2) is 0 Å². The number of phenolic OH excluding ortho intramolecular Hbond substituents is 1. The topological polar surface area (TPSA) is 223 Å². The highest BCUT2D eigenvalue weighted by atomic mass is 16.4. The summed E-state index contributed by atoms with van der Waals surface area (Å²) in [5.74, 6) is 5.14. The molecule has 382 valence electrons. The van der Waals surface area contributed by atoms with Gasteiger partial charge in [0.25, 0.3) is 0 Å². The van der Waals surface area contributed by atoms with Crippen molar-refractivity contribution in [2.75, 3.05) is 6.61 Å². The van der Waals surface area contributed by atoms with Crippen LogP contribution in [0, 0.1) is 23.7 Å². The average Bonchev–Trinajstić information content (AvgIpc) is 3.49. The Morgan fingerprint density at radius 1 is 0.943 bits per heavy atom. The lowest BCUT2D eigenvalue weighted by atomic mass is 9.69. The first kappa shape index (κ1) is 54.9. The highest BCUT2D eigenvalue weighted by Gasteiger charge is 2.49. The van der Waals surface area contributed by atoms with Crippen LogP contribution in [-0.2, 0) is 36.9 Å². The number of hydrogen-bond acceptors (Lipinski definition) is 11. The quantitative estimate of drug-likeness (QED) is 0.0792. The summed E-state index contributed by atoms with van der Waals surface area (Å²) in [6.45, 7) is 7.36. The molecule has 4 heterocycles. The first-order valence-electron chi connectivity index (χ1n) is 25.8. The van der Waals surface area contributed by atoms with E-state index in [1.165, 1.54) is 0 Å². The van der Waals surface area contributed by atoms with Crippen LogP contribution in [0.1, 0.15) is 132 Å². The molecule has 0 aromatic heterocycles. The molecule has 7 rings (SSSR count). The Balaban J connectivity index is 1.66. The van der Waals surface area contributed by atoms with E-state index in [1.807, 2.05) is 50.3 Å². The van der Waals surface area contributed by atoms with E-state index >= 15 is 0 Å². The molecule has 1 saturated heterocycles. The van der Waals surface area contributed by atoms with Gasteiger partial charge in [0, 0.05) is 36.5 Å². The number of aliphatic hydroxyl groups is 7. The Hall–Kier alpha value is -4.39. The molecule has 1 fully saturated rings. The van der Waals surface area contributed by atoms with Crippen molar-refractivity contribution in [3.05, 3.63) is 123 Å². The highest BCUT2D eigenvalue weighted by molar-refractivity contribution is 5.67. The standard InChI is InChI=1S/C58H80N2O10/c1-5-7-13-51(64)52(65)28-23-43-22-21-42-11-8-10-41(6-2)46(42)12-9-30-58(57(4,70)34-39-19-24-44(62)25-20-39)35-40-17-15-38(16-18-40)31-54(67)47-26-14-37(3)59-56(49(47)33-55(68)69)53(66)29-27-50(60-58)48(43)32-45(63)36-61/h8,10-11,15-20,23-25,28,37,45,47,49-54,56,59-67,70H,5-7,13-14,21-22,26-27,29-36H2,1-4H3,(H,68,69)/b28-23+,48-43+/t37-,45-,47-,49+,50-,51-,52+,53+,54+,56+,57-,58-/m0/s1. The minimum atomic E-state index is -1.60. The first-order chi connectivity index (χ1) is 33.5. The number of aliphatic carboxylic acids is 1. The summed E-state index contributed by atoms with van der Waals surface area (Å²) < 4.78 is 0. The Morgan fingerprint density at radius 3 is 2.36 bits per heavy atom. The summed E-state index contributed by atoms with van der Waals surface area (Å²) in [7, 11) is 0. The molecule has 0 aliphatic carbocycles. The van der Waals surface area contributed by atoms with Gasteiger partial charge in [0.2, 0.25) is 0 Å². The molecule has 4 aliphatic rings. The van der Waals surface area contributed by atoms with Gasteiger partial charge in [0.05, 0.1) is 54.7 Å². The molecule has 3 aromatic rings. The van der Waals surface area contributed by atoms with E-state index in [9.17, 15) is 50.8 Å². The minimum absolute atomic E-state index is 0.0224. The van der Waals surface area contributed by atoms with Gasteiger partial charge in [-0.1, -0.05) is 105 Å². The van der Waals surface area contributed by atoms with Crippen LogP contribution in [0.15, 0.2) is 90.0 Å². The monoisotopic (exact) mass is 965 g/mol. The SMILES string of the molecule is CCCC[C@H](O)[C@H](O)/C=C/C1=C(\C[C@H](O)CO)[C@@H]2CC[C@@H](O)[C@@H]3N[C@@H](C)CC[C@@H]([C@H]3CC(=O)O)[C@H](O)Cc3ccc(cc3)C[C@]([C@@](C)(O)Cc3ccc(O)cc3)(CC#Cc3c(CC)cccc3CC1)N2. The summed E-state index contributed by atoms with van der Waals surface area (Å²) in [4.78, 5) is 12.7. The van der Waals surface area contributed by atoms with E-state index in [1.54, 1.807) is 37.3 Å². The molecule has 0 saturated carbocycles. The van der Waals surface area contributed by atoms with Crippen LogP contribution < -0.4 is 10.6 Å². The maximum Gasteiger partial charge on any atom is 0.303 e. The van der Waals surface area contributed by atoms with Crippen LogP contribution in [0.5, 0.6) is 5.75 Å². The number of aromatic hydroxyl groups is 1. The number of aliphatic hydroxyl groups excluding tert-OH is 6. The Kier molecular flexibility index (Phi) is 19.9. The molecule has 6 bridgehead atoms. The molecule has 12 atom stereocenters. The summed E-state index contributed by atoms with van der Waals surface area (Å²) in [6.07, 6.45) is 3.73. The second-order valence-electron chi connectivity index (χ2n) is 20.8. The predicted molar refractivity (Wildman–Crippen MR) is 273 cm³/mol. The maximum atomic E-state index is 13.5. The molecule has 0 amide bonds. The molecular weight excluding hydrogens is 885 g/mol. The lowest BCUT2D eigenvalue weighted by molar-refractivity contribution is -0.139. The van der Waals surface area contributed by atoms with Crippen LogP contribution in [-0.4, -0.2) is 118 Å². The number of rotatable bonds is 15. The molecule has 4 aliphatic heterocycles. The van der Waals surface area contributed by atoms with Gasteiger partial charge in [-0.2, -0.15) is 0 Å². The number of nitrogens with one attached hydrogen (secondary N) is 2. The third kappa shape index (κ3) is 14.2. The van der Waals surface area contributed by atoms with E-state index < -0.39 is 78.2 Å². The fraction of sp³-hybridized carbons (Fsp3) is 0.569. The zero-order valence-corrected chi connectivity index (χ0v) is 41.7. The van der Waals surface area contributed by atoms with Crippen LogP contribution in [0.4, 0.5) is 0 Å². The fourth-order valence-corrected chi connectivity index (χ4v) is 11.4. The second-order valence-corrected chi connectivity index (χ2v) is 20.8. The minimum Gasteiger partial charge on any atom is -0.508 e. The number of aryl methyl sites for hydroxylation is 2. The van der Waals surface area contributed by atoms with Gasteiger partial charge < -0.3 is 56.6 Å². The molecule has 0 unspecified atom stereocenters. The number of benzene rings is 3. The zero-order chi connectivity index (χ0) is 50.6. The average molecular weight is 965 g/mol. The zero-order valence-electron chi connectivity index (χ0n) is 41.7. The molecule has 12 nitrogen and oxygen atoms in total. The van der Waals surface area contributed by atoms with Crippen LogP contribution in [0.3, 0.4) is 0 Å². The van der Waals surface area contributed by atoms with E-state index in [0.29, 0.717) is 37.7 Å². The van der Waals surface area contributed by atoms with Crippen molar-refractivity contribution in [1.82, 2.24) is 10.6 Å². The smallest absolute Gasteiger partial charge is 0.303 e. The van der Waals surface area contributed by atoms with E-state index in [0.717, 1.165) is 58.2 Å². The Bertz CT molecular complexity index is 2280. The molecule has 70 heavy (non-hydrogen) atoms. The number of hydrogen-bond donors (Lipinski definition) is 11. The first-order valence-corrected chi connectivity index (χ1v) is 25.8. The summed E-state index contributed by atoms with van der Waals surface area (Å²) in [5, 5.41) is 111. The molecular formula is C58H80N2O10. The Morgan fingerprint density at radius 2 is 1.67 bits per heavy atom. The van der Waals surface area contributed by atoms with Crippen molar-refractivity contribution in [3.63, 3.8) is 0 Å². The van der Waals surface area contributed by atoms with Gasteiger partial charge in [-0.3, -0.25) is 4.79 Å². The van der Waals surface area contributed by atoms with E-state index in [-0.39, 0.29) is 63.2 Å². The number of carboxylic acids is 1. The van der Waals surface area contributed by atoms with Crippen molar-refractivity contribution >= 4 is 5.97 Å². The van der Waals surface area contributed by atoms with E-state index in [2.05, 4.69) is 41.5 Å². The summed E-state index contributed by atoms with van der Waals surface area (Å²) in [5.41, 5.74) is 3.99. The van der Waals surface area contributed by atoms with Gasteiger partial charge in [-0.05, 0) is 147 Å². The highest BCUT2D eigenvalue weighted by Crippen LogP contribution is 2.40. The maximum absolute atomic E-state index is 13.5. The van der Waals surface area contributed by atoms with Gasteiger partial charge in [0.1, 0.15) is 5.75 Å². The van der Waals surface area contributed by atoms with Gasteiger partial charge in [-0.15, -0.1) is 0 Å². The van der Waals surface area contributed by atoms with Crippen LogP contribution in [0.25, 0.3) is 0 Å². The summed E-state index contributed by atoms with van der Waals surface area (Å²) in [6, 6.07) is 19.3. The number of fused-ring (bicyclic) bond motifs is 6. The molecule has 12 heteroatoms. The molecule has 0 spiro atoms. The van der Waals surface area contributed by atoms with Crippen molar-refractivity contribution in [2.45, 2.75) is 190 Å². The third-order valence-corrected chi connectivity index (χ3v) is 15.6. The largest absolute Gasteiger partial charge is 0.508 e. The Labute approximate surface area is 415 Å². The number of carbonyl (C=O) groups is 1. The van der Waals surface area contributed by atoms with Crippen molar-refractivity contribution < 1.29 is 50.8 Å². The third-order valence-electron chi connectivity index (χ3n) is 15.6. The lowest BCUT2D eigenvalue weighted by Crippen LogP contribution is -2.66. The number of phenols is 1. The summed E-state index contributed by atoms with van der Waals surface area (Å²) >= 11 is 0. The fourth-order valence-electron chi connectivity index (χ4n) is 11.4. The van der Waals surface area contributed by atoms with Crippen molar-refractivity contribution in [2.24, 2.45) is 11.8 Å². The van der Waals surface area contributed by atoms with Gasteiger partial charge >= 0.3 is 5.97 Å². The lowest BCUT2D eigenvalue weighted by Gasteiger charge is -2.49. The van der Waals surface area contributed by atoms with E-state index in [4.69, 9.17) is 0 Å². The number of unbranched alkanes of at least 4 members (excludes halogenated alkanes) is 1. The van der Waals surface area contributed by atoms with Crippen LogP contribution in [0.2, 0.25) is 0 Å². The van der Waals surface area contributed by atoms with Gasteiger partial charge in [-0.25, -0.2) is 0 Å². The second kappa shape index (κ2) is 25.3. The van der Waals surface area contributed by atoms with Crippen molar-refractivity contribution in [1.29, 1.82) is 0 Å². The molecule has 3 aromatic carbocycles. The van der Waals surface area contributed by atoms with Crippen molar-refractivity contribution in [3.8, 4) is 17.6 Å². The molecule has 0 radical (unpaired) electrons. The number of carboxylic acid groups (broad SMARTS) is 1. The normalized spacial score (nSPS) is 29.0. The van der Waals surface area contributed by atoms with Crippen LogP contribution >= 0.6 is 0 Å². The molecule has 11 N–H and O–H groups in total. The predicted octanol–water partition coefficient (Wildman–Crippen LogP) is 5.99.